The maximum Gasteiger partial charge on any atom is 0.345 e. The summed E-state index contributed by atoms with van der Waals surface area (Å²) in [5, 5.41) is 8.85. The second kappa shape index (κ2) is 4.32. The number of nitrogens with one attached hydrogen (secondary N) is 1. The average molecular weight is 289 g/mol. The van der Waals surface area contributed by atoms with E-state index in [-0.39, 0.29) is 15.2 Å². The van der Waals surface area contributed by atoms with Gasteiger partial charge in [0.2, 0.25) is 10.0 Å². The molecule has 0 spiro atoms. The molecule has 0 aliphatic heterocycles. The van der Waals surface area contributed by atoms with Gasteiger partial charge in [-0.2, -0.15) is 0 Å². The van der Waals surface area contributed by atoms with Gasteiger partial charge in [-0.25, -0.2) is 17.9 Å². The van der Waals surface area contributed by atoms with Crippen molar-refractivity contribution in [3.8, 4) is 0 Å². The molecule has 1 aliphatic rings. The van der Waals surface area contributed by atoms with Crippen molar-refractivity contribution in [3.63, 3.8) is 0 Å². The molecule has 1 fully saturated rings. The van der Waals surface area contributed by atoms with Gasteiger partial charge < -0.3 is 5.11 Å². The van der Waals surface area contributed by atoms with Crippen LogP contribution in [0, 0.1) is 12.3 Å². The van der Waals surface area contributed by atoms with Crippen LogP contribution in [0.1, 0.15) is 34.3 Å². The highest BCUT2D eigenvalue weighted by Gasteiger charge is 2.38. The van der Waals surface area contributed by atoms with Crippen LogP contribution in [0.2, 0.25) is 0 Å². The van der Waals surface area contributed by atoms with Crippen LogP contribution in [0.5, 0.6) is 0 Å². The molecule has 0 bridgehead atoms. The van der Waals surface area contributed by atoms with E-state index in [2.05, 4.69) is 4.72 Å². The highest BCUT2D eigenvalue weighted by molar-refractivity contribution is 7.89. The van der Waals surface area contributed by atoms with Gasteiger partial charge in [0, 0.05) is 11.4 Å². The van der Waals surface area contributed by atoms with Crippen LogP contribution in [0.4, 0.5) is 0 Å². The van der Waals surface area contributed by atoms with Gasteiger partial charge in [0.15, 0.2) is 0 Å². The summed E-state index contributed by atoms with van der Waals surface area (Å²) in [5.41, 5.74) is 0.0760. The molecular weight excluding hydrogens is 274 g/mol. The predicted molar refractivity (Wildman–Crippen MR) is 68.5 cm³/mol. The topological polar surface area (TPSA) is 83.5 Å². The van der Waals surface area contributed by atoms with E-state index in [9.17, 15) is 13.2 Å². The number of carboxylic acids is 1. The van der Waals surface area contributed by atoms with E-state index in [0.29, 0.717) is 11.4 Å². The smallest absolute Gasteiger partial charge is 0.345 e. The van der Waals surface area contributed by atoms with Gasteiger partial charge in [-0.1, -0.05) is 6.92 Å². The monoisotopic (exact) mass is 289 g/mol. The Labute approximate surface area is 110 Å². The fourth-order valence-electron chi connectivity index (χ4n) is 1.57. The number of carbonyl (C=O) groups is 1. The number of aryl methyl sites for hydroxylation is 1. The molecule has 0 saturated heterocycles. The summed E-state index contributed by atoms with van der Waals surface area (Å²) in [6.45, 7) is 4.05. The van der Waals surface area contributed by atoms with E-state index in [1.807, 2.05) is 6.92 Å². The maximum absolute atomic E-state index is 12.1. The van der Waals surface area contributed by atoms with Gasteiger partial charge in [-0.3, -0.25) is 0 Å². The molecule has 7 heteroatoms. The molecule has 2 N–H and O–H groups in total. The minimum atomic E-state index is -3.60. The number of sulfonamides is 1. The van der Waals surface area contributed by atoms with Gasteiger partial charge >= 0.3 is 5.97 Å². The van der Waals surface area contributed by atoms with E-state index in [1.54, 1.807) is 6.92 Å². The SMILES string of the molecule is Cc1sc(C(=O)O)cc1S(=O)(=O)NCC1(C)CC1. The Morgan fingerprint density at radius 1 is 1.56 bits per heavy atom. The van der Waals surface area contributed by atoms with E-state index in [0.717, 1.165) is 24.2 Å². The van der Waals surface area contributed by atoms with Crippen LogP contribution in [0.15, 0.2) is 11.0 Å². The van der Waals surface area contributed by atoms with Crippen LogP contribution < -0.4 is 4.72 Å². The molecule has 1 heterocycles. The van der Waals surface area contributed by atoms with Crippen LogP contribution >= 0.6 is 11.3 Å². The molecule has 0 atom stereocenters. The molecule has 1 aromatic heterocycles. The first-order valence-corrected chi connectivity index (χ1v) is 7.87. The zero-order valence-corrected chi connectivity index (χ0v) is 11.8. The summed E-state index contributed by atoms with van der Waals surface area (Å²) in [6.07, 6.45) is 2.05. The molecule has 2 rings (SSSR count). The first-order valence-electron chi connectivity index (χ1n) is 5.57. The number of hydrogen-bond acceptors (Lipinski definition) is 4. The van der Waals surface area contributed by atoms with E-state index < -0.39 is 16.0 Å². The molecular formula is C11H15NO4S2. The first kappa shape index (κ1) is 13.5. The van der Waals surface area contributed by atoms with Crippen molar-refractivity contribution in [3.05, 3.63) is 15.8 Å². The van der Waals surface area contributed by atoms with Gasteiger partial charge in [0.1, 0.15) is 4.88 Å². The van der Waals surface area contributed by atoms with Crippen molar-refractivity contribution < 1.29 is 18.3 Å². The van der Waals surface area contributed by atoms with E-state index in [4.69, 9.17) is 5.11 Å². The lowest BCUT2D eigenvalue weighted by atomic mass is 10.2. The molecule has 0 unspecified atom stereocenters. The van der Waals surface area contributed by atoms with Crippen molar-refractivity contribution in [2.75, 3.05) is 6.54 Å². The van der Waals surface area contributed by atoms with Crippen molar-refractivity contribution in [2.45, 2.75) is 31.6 Å². The third kappa shape index (κ3) is 2.73. The van der Waals surface area contributed by atoms with Crippen molar-refractivity contribution in [1.82, 2.24) is 4.72 Å². The van der Waals surface area contributed by atoms with Gasteiger partial charge in [0.05, 0.1) is 4.90 Å². The molecule has 18 heavy (non-hydrogen) atoms. The van der Waals surface area contributed by atoms with Gasteiger partial charge in [-0.05, 0) is 31.2 Å². The molecule has 1 saturated carbocycles. The highest BCUT2D eigenvalue weighted by Crippen LogP contribution is 2.44. The molecule has 1 aromatic rings. The molecule has 0 amide bonds. The maximum atomic E-state index is 12.1. The Morgan fingerprint density at radius 3 is 2.61 bits per heavy atom. The van der Waals surface area contributed by atoms with Crippen molar-refractivity contribution in [2.24, 2.45) is 5.41 Å². The number of hydrogen-bond donors (Lipinski definition) is 2. The summed E-state index contributed by atoms with van der Waals surface area (Å²) in [7, 11) is -3.60. The zero-order chi connectivity index (χ0) is 13.6. The predicted octanol–water partition coefficient (Wildman–Crippen LogP) is 1.83. The second-order valence-corrected chi connectivity index (χ2v) is 7.96. The quantitative estimate of drug-likeness (QED) is 0.866. The summed E-state index contributed by atoms with van der Waals surface area (Å²) in [4.78, 5) is 11.4. The van der Waals surface area contributed by atoms with Crippen LogP contribution in [-0.2, 0) is 10.0 Å². The molecule has 5 nitrogen and oxygen atoms in total. The van der Waals surface area contributed by atoms with Crippen LogP contribution in [0.25, 0.3) is 0 Å². The Hall–Kier alpha value is -0.920. The minimum absolute atomic E-state index is 0.0468. The molecule has 0 aromatic carbocycles. The van der Waals surface area contributed by atoms with Crippen molar-refractivity contribution >= 4 is 27.3 Å². The number of aromatic carboxylic acids is 1. The molecule has 100 valence electrons. The number of thiophene rings is 1. The standard InChI is InChI=1S/C11H15NO4S2/c1-7-9(5-8(17-7)10(13)14)18(15,16)12-6-11(2)3-4-11/h5,12H,3-4,6H2,1-2H3,(H,13,14). The van der Waals surface area contributed by atoms with E-state index >= 15 is 0 Å². The zero-order valence-electron chi connectivity index (χ0n) is 10.2. The van der Waals surface area contributed by atoms with Crippen molar-refractivity contribution in [1.29, 1.82) is 0 Å². The number of carboxylic acid groups (broad SMARTS) is 1. The third-order valence-corrected chi connectivity index (χ3v) is 5.86. The normalized spacial score (nSPS) is 17.7. The Balaban J connectivity index is 2.20. The van der Waals surface area contributed by atoms with Crippen LogP contribution in [0.3, 0.4) is 0 Å². The number of rotatable bonds is 5. The lowest BCUT2D eigenvalue weighted by Gasteiger charge is -2.10. The molecule has 1 aliphatic carbocycles. The summed E-state index contributed by atoms with van der Waals surface area (Å²) >= 11 is 0.980. The Kier molecular flexibility index (Phi) is 3.25. The fraction of sp³-hybridized carbons (Fsp3) is 0.545. The second-order valence-electron chi connectivity index (χ2n) is 4.97. The van der Waals surface area contributed by atoms with Gasteiger partial charge in [0.25, 0.3) is 0 Å². The highest BCUT2D eigenvalue weighted by atomic mass is 32.2. The largest absolute Gasteiger partial charge is 0.477 e. The third-order valence-electron chi connectivity index (χ3n) is 3.17. The average Bonchev–Trinajstić information content (AvgIpc) is 2.85. The van der Waals surface area contributed by atoms with Gasteiger partial charge in [-0.15, -0.1) is 11.3 Å². The minimum Gasteiger partial charge on any atom is -0.477 e. The Morgan fingerprint density at radius 2 is 2.17 bits per heavy atom. The van der Waals surface area contributed by atoms with E-state index in [1.165, 1.54) is 6.07 Å². The summed E-state index contributed by atoms with van der Waals surface area (Å²) < 4.78 is 26.7. The van der Waals surface area contributed by atoms with Crippen LogP contribution in [-0.4, -0.2) is 26.0 Å². The summed E-state index contributed by atoms with van der Waals surface area (Å²) in [6, 6.07) is 1.22. The summed E-state index contributed by atoms with van der Waals surface area (Å²) in [5.74, 6) is -1.10. The molecule has 0 radical (unpaired) electrons. The Bertz CT molecular complexity index is 584. The lowest BCUT2D eigenvalue weighted by molar-refractivity contribution is 0.0702. The fourth-order valence-corrected chi connectivity index (χ4v) is 4.20. The lowest BCUT2D eigenvalue weighted by Crippen LogP contribution is -2.29. The first-order chi connectivity index (χ1) is 8.23.